The Kier molecular flexibility index (Phi) is 3.73. The zero-order valence-corrected chi connectivity index (χ0v) is 8.69. The first-order valence-corrected chi connectivity index (χ1v) is 4.72. The van der Waals surface area contributed by atoms with Crippen molar-refractivity contribution >= 4 is 31.9 Å². The number of hydrogen-bond acceptors (Lipinski definition) is 2. The van der Waals surface area contributed by atoms with Gasteiger partial charge < -0.3 is 9.64 Å². The second-order valence-electron chi connectivity index (χ2n) is 2.07. The van der Waals surface area contributed by atoms with Gasteiger partial charge in [0.05, 0.1) is 16.6 Å². The molecule has 10 heavy (non-hydrogen) atoms. The molecule has 4 heteroatoms. The van der Waals surface area contributed by atoms with Crippen LogP contribution in [0.15, 0.2) is 9.59 Å². The highest BCUT2D eigenvalue weighted by atomic mass is 79.9. The van der Waals surface area contributed by atoms with E-state index in [2.05, 4.69) is 36.8 Å². The zero-order chi connectivity index (χ0) is 7.40. The van der Waals surface area contributed by atoms with E-state index in [1.54, 1.807) is 0 Å². The largest absolute Gasteiger partial charge is 0.378 e. The van der Waals surface area contributed by atoms with Crippen LogP contribution in [0.3, 0.4) is 0 Å². The number of nitrogens with zero attached hydrogens (tertiary/aromatic N) is 1. The normalized spacial score (nSPS) is 18.8. The molecule has 1 rings (SSSR count). The van der Waals surface area contributed by atoms with E-state index < -0.39 is 0 Å². The molecule has 0 amide bonds. The molecule has 0 N–H and O–H groups in total. The summed E-state index contributed by atoms with van der Waals surface area (Å²) in [6.45, 7) is 3.65. The van der Waals surface area contributed by atoms with E-state index in [1.807, 2.05) is 6.20 Å². The highest BCUT2D eigenvalue weighted by molar-refractivity contribution is 9.28. The molecule has 0 bridgehead atoms. The van der Waals surface area contributed by atoms with Gasteiger partial charge in [-0.05, 0) is 31.9 Å². The quantitative estimate of drug-likeness (QED) is 0.722. The van der Waals surface area contributed by atoms with E-state index in [4.69, 9.17) is 4.74 Å². The first-order valence-electron chi connectivity index (χ1n) is 3.13. The standard InChI is InChI=1S/C6H9Br2NO/c7-6(8)5-9-1-3-10-4-2-9/h5H,1-4H2. The highest BCUT2D eigenvalue weighted by Gasteiger charge is 2.05. The predicted octanol–water partition coefficient (Wildman–Crippen LogP) is 1.91. The van der Waals surface area contributed by atoms with Gasteiger partial charge in [-0.1, -0.05) is 0 Å². The lowest BCUT2D eigenvalue weighted by atomic mass is 10.5. The van der Waals surface area contributed by atoms with Gasteiger partial charge in [-0.3, -0.25) is 0 Å². The molecule has 0 atom stereocenters. The molecule has 1 heterocycles. The molecular weight excluding hydrogens is 262 g/mol. The van der Waals surface area contributed by atoms with Gasteiger partial charge in [-0.25, -0.2) is 0 Å². The smallest absolute Gasteiger partial charge is 0.0762 e. The lowest BCUT2D eigenvalue weighted by Gasteiger charge is -2.24. The van der Waals surface area contributed by atoms with Crippen LogP contribution in [0, 0.1) is 0 Å². The number of rotatable bonds is 1. The lowest BCUT2D eigenvalue weighted by Crippen LogP contribution is -2.32. The maximum Gasteiger partial charge on any atom is 0.0762 e. The van der Waals surface area contributed by atoms with Crippen LogP contribution in [0.5, 0.6) is 0 Å². The molecule has 0 aromatic rings. The van der Waals surface area contributed by atoms with Gasteiger partial charge in [-0.15, -0.1) is 0 Å². The fraction of sp³-hybridized carbons (Fsp3) is 0.667. The summed E-state index contributed by atoms with van der Waals surface area (Å²) in [5.74, 6) is 0. The molecule has 0 aliphatic carbocycles. The Morgan fingerprint density at radius 1 is 1.30 bits per heavy atom. The minimum Gasteiger partial charge on any atom is -0.378 e. The van der Waals surface area contributed by atoms with Crippen LogP contribution in [-0.2, 0) is 4.74 Å². The van der Waals surface area contributed by atoms with Gasteiger partial charge in [0.15, 0.2) is 0 Å². The summed E-state index contributed by atoms with van der Waals surface area (Å²) < 4.78 is 6.17. The van der Waals surface area contributed by atoms with Crippen molar-refractivity contribution in [2.45, 2.75) is 0 Å². The summed E-state index contributed by atoms with van der Waals surface area (Å²) in [5, 5.41) is 0. The zero-order valence-electron chi connectivity index (χ0n) is 5.52. The summed E-state index contributed by atoms with van der Waals surface area (Å²) in [6.07, 6.45) is 2.03. The monoisotopic (exact) mass is 269 g/mol. The predicted molar refractivity (Wildman–Crippen MR) is 48.3 cm³/mol. The van der Waals surface area contributed by atoms with E-state index in [0.717, 1.165) is 29.7 Å². The highest BCUT2D eigenvalue weighted by Crippen LogP contribution is 2.14. The Labute approximate surface area is 77.5 Å². The van der Waals surface area contributed by atoms with Crippen molar-refractivity contribution in [1.29, 1.82) is 0 Å². The fourth-order valence-electron chi connectivity index (χ4n) is 0.845. The molecule has 0 aromatic carbocycles. The number of ether oxygens (including phenoxy) is 1. The minimum atomic E-state index is 0.837. The second kappa shape index (κ2) is 4.36. The van der Waals surface area contributed by atoms with Crippen molar-refractivity contribution in [2.24, 2.45) is 0 Å². The van der Waals surface area contributed by atoms with Crippen LogP contribution in [-0.4, -0.2) is 31.2 Å². The third-order valence-corrected chi connectivity index (χ3v) is 1.74. The molecule has 1 fully saturated rings. The average Bonchev–Trinajstić information content (AvgIpc) is 1.88. The van der Waals surface area contributed by atoms with Gasteiger partial charge in [0.1, 0.15) is 0 Å². The van der Waals surface area contributed by atoms with E-state index in [9.17, 15) is 0 Å². The van der Waals surface area contributed by atoms with Crippen molar-refractivity contribution in [3.63, 3.8) is 0 Å². The molecule has 0 radical (unpaired) electrons. The van der Waals surface area contributed by atoms with E-state index in [1.165, 1.54) is 0 Å². The first-order chi connectivity index (χ1) is 4.79. The molecule has 1 aliphatic rings. The summed E-state index contributed by atoms with van der Waals surface area (Å²) in [5.41, 5.74) is 0. The fourth-order valence-corrected chi connectivity index (χ4v) is 1.42. The number of halogens is 2. The average molecular weight is 271 g/mol. The molecular formula is C6H9Br2NO. The van der Waals surface area contributed by atoms with Crippen LogP contribution >= 0.6 is 31.9 Å². The molecule has 1 aliphatic heterocycles. The summed E-state index contributed by atoms with van der Waals surface area (Å²) in [4.78, 5) is 2.21. The Hall–Kier alpha value is 0.460. The van der Waals surface area contributed by atoms with Crippen molar-refractivity contribution < 1.29 is 4.74 Å². The van der Waals surface area contributed by atoms with Crippen molar-refractivity contribution in [1.82, 2.24) is 4.90 Å². The maximum absolute atomic E-state index is 5.18. The van der Waals surface area contributed by atoms with Gasteiger partial charge in [0, 0.05) is 19.3 Å². The molecule has 0 spiro atoms. The van der Waals surface area contributed by atoms with Gasteiger partial charge >= 0.3 is 0 Å². The van der Waals surface area contributed by atoms with Gasteiger partial charge in [0.25, 0.3) is 0 Å². The Balaban J connectivity index is 2.33. The van der Waals surface area contributed by atoms with Gasteiger partial charge in [-0.2, -0.15) is 0 Å². The number of morpholine rings is 1. The summed E-state index contributed by atoms with van der Waals surface area (Å²) >= 11 is 6.61. The maximum atomic E-state index is 5.18. The molecule has 0 aromatic heterocycles. The van der Waals surface area contributed by atoms with E-state index in [0.29, 0.717) is 0 Å². The van der Waals surface area contributed by atoms with Crippen LogP contribution in [0.25, 0.3) is 0 Å². The minimum absolute atomic E-state index is 0.837. The molecule has 2 nitrogen and oxygen atoms in total. The molecule has 0 unspecified atom stereocenters. The molecule has 58 valence electrons. The van der Waals surface area contributed by atoms with E-state index >= 15 is 0 Å². The van der Waals surface area contributed by atoms with E-state index in [-0.39, 0.29) is 0 Å². The number of hydrogen-bond donors (Lipinski definition) is 0. The van der Waals surface area contributed by atoms with Crippen LogP contribution in [0.4, 0.5) is 0 Å². The van der Waals surface area contributed by atoms with Crippen molar-refractivity contribution in [3.8, 4) is 0 Å². The molecule has 1 saturated heterocycles. The second-order valence-corrected chi connectivity index (χ2v) is 4.84. The Bertz CT molecular complexity index is 128. The third kappa shape index (κ3) is 3.03. The SMILES string of the molecule is BrC(Br)=CN1CCOCC1. The van der Waals surface area contributed by atoms with Crippen LogP contribution in [0.2, 0.25) is 0 Å². The molecule has 0 saturated carbocycles. The Morgan fingerprint density at radius 3 is 2.40 bits per heavy atom. The third-order valence-electron chi connectivity index (χ3n) is 1.33. The summed E-state index contributed by atoms with van der Waals surface area (Å²) in [6, 6.07) is 0. The Morgan fingerprint density at radius 2 is 1.90 bits per heavy atom. The first kappa shape index (κ1) is 8.56. The van der Waals surface area contributed by atoms with Crippen molar-refractivity contribution in [3.05, 3.63) is 9.59 Å². The summed E-state index contributed by atoms with van der Waals surface area (Å²) in [7, 11) is 0. The van der Waals surface area contributed by atoms with Gasteiger partial charge in [0.2, 0.25) is 0 Å². The van der Waals surface area contributed by atoms with Crippen LogP contribution in [0.1, 0.15) is 0 Å². The topological polar surface area (TPSA) is 12.5 Å². The van der Waals surface area contributed by atoms with Crippen LogP contribution < -0.4 is 0 Å². The lowest BCUT2D eigenvalue weighted by molar-refractivity contribution is 0.0594. The van der Waals surface area contributed by atoms with Crippen molar-refractivity contribution in [2.75, 3.05) is 26.3 Å².